The number of nitrogens with one attached hydrogen (secondary N) is 1. The number of hydrogen-bond acceptors (Lipinski definition) is 0. The Morgan fingerprint density at radius 3 is 2.43 bits per heavy atom. The van der Waals surface area contributed by atoms with E-state index in [0.29, 0.717) is 5.92 Å². The fraction of sp³-hybridized carbons (Fsp3) is 0.231. The Hall–Kier alpha value is -1.50. The van der Waals surface area contributed by atoms with Crippen LogP contribution >= 0.6 is 0 Å². The van der Waals surface area contributed by atoms with E-state index in [0.717, 1.165) is 0 Å². The van der Waals surface area contributed by atoms with E-state index in [4.69, 9.17) is 0 Å². The lowest BCUT2D eigenvalue weighted by Crippen LogP contribution is -1.91. The maximum absolute atomic E-state index is 3.25. The van der Waals surface area contributed by atoms with Crippen LogP contribution in [0, 0.1) is 0 Å². The molecular formula is C13H15N. The highest BCUT2D eigenvalue weighted by atomic mass is 14.7. The van der Waals surface area contributed by atoms with Gasteiger partial charge in [0.25, 0.3) is 0 Å². The zero-order chi connectivity index (χ0) is 9.97. The molecule has 0 aliphatic heterocycles. The molecule has 0 aliphatic rings. The predicted octanol–water partition coefficient (Wildman–Crippen LogP) is 3.81. The lowest BCUT2D eigenvalue weighted by molar-refractivity contribution is 0.868. The lowest BCUT2D eigenvalue weighted by Gasteiger charge is -2.10. The molecule has 2 rings (SSSR count). The summed E-state index contributed by atoms with van der Waals surface area (Å²) in [5.74, 6) is 0.564. The van der Waals surface area contributed by atoms with Crippen LogP contribution in [0.5, 0.6) is 0 Å². The van der Waals surface area contributed by atoms with Gasteiger partial charge in [-0.2, -0.15) is 0 Å². The predicted molar refractivity (Wildman–Crippen MR) is 60.3 cm³/mol. The average Bonchev–Trinajstić information content (AvgIpc) is 2.70. The number of benzene rings is 1. The molecule has 14 heavy (non-hydrogen) atoms. The van der Waals surface area contributed by atoms with Crippen molar-refractivity contribution in [2.75, 3.05) is 0 Å². The van der Waals surface area contributed by atoms with Crippen molar-refractivity contribution < 1.29 is 0 Å². The first-order chi connectivity index (χ1) is 6.79. The second-order valence-corrected chi connectivity index (χ2v) is 3.83. The second kappa shape index (κ2) is 3.70. The minimum Gasteiger partial charge on any atom is -0.361 e. The Balaban J connectivity index is 2.53. The second-order valence-electron chi connectivity index (χ2n) is 3.83. The molecule has 0 aliphatic carbocycles. The van der Waals surface area contributed by atoms with E-state index >= 15 is 0 Å². The number of rotatable bonds is 2. The fourth-order valence-corrected chi connectivity index (χ4v) is 1.74. The maximum Gasteiger partial charge on any atom is 0.0456 e. The first kappa shape index (κ1) is 9.07. The van der Waals surface area contributed by atoms with Gasteiger partial charge in [-0.05, 0) is 23.6 Å². The molecule has 1 heteroatoms. The Morgan fingerprint density at radius 2 is 1.79 bits per heavy atom. The summed E-state index contributed by atoms with van der Waals surface area (Å²) in [6.07, 6.45) is 1.96. The largest absolute Gasteiger partial charge is 0.361 e. The first-order valence-corrected chi connectivity index (χ1v) is 5.01. The molecule has 1 nitrogen and oxygen atoms in total. The molecule has 0 spiro atoms. The Morgan fingerprint density at radius 1 is 1.00 bits per heavy atom. The van der Waals surface area contributed by atoms with Crippen LogP contribution < -0.4 is 0 Å². The Kier molecular flexibility index (Phi) is 2.40. The molecule has 0 atom stereocenters. The standard InChI is InChI=1S/C13H15N/c1-10(2)11-6-3-4-7-12(11)13-8-5-9-14-13/h3-10,14H,1-2H3. The molecule has 0 unspecified atom stereocenters. The average molecular weight is 185 g/mol. The third-order valence-corrected chi connectivity index (χ3v) is 2.47. The van der Waals surface area contributed by atoms with Crippen LogP contribution in [0.3, 0.4) is 0 Å². The van der Waals surface area contributed by atoms with Crippen molar-refractivity contribution in [1.29, 1.82) is 0 Å². The normalized spacial score (nSPS) is 10.8. The first-order valence-electron chi connectivity index (χ1n) is 5.01. The highest BCUT2D eigenvalue weighted by molar-refractivity contribution is 5.64. The van der Waals surface area contributed by atoms with Gasteiger partial charge in [0.1, 0.15) is 0 Å². The van der Waals surface area contributed by atoms with E-state index in [2.05, 4.69) is 49.2 Å². The highest BCUT2D eigenvalue weighted by Gasteiger charge is 2.07. The van der Waals surface area contributed by atoms with Crippen molar-refractivity contribution in [2.45, 2.75) is 19.8 Å². The smallest absolute Gasteiger partial charge is 0.0456 e. The van der Waals surface area contributed by atoms with Gasteiger partial charge in [-0.3, -0.25) is 0 Å². The van der Waals surface area contributed by atoms with Crippen LogP contribution in [-0.2, 0) is 0 Å². The van der Waals surface area contributed by atoms with Gasteiger partial charge in [0.2, 0.25) is 0 Å². The minimum absolute atomic E-state index is 0.564. The molecule has 1 N–H and O–H groups in total. The summed E-state index contributed by atoms with van der Waals surface area (Å²) < 4.78 is 0. The summed E-state index contributed by atoms with van der Waals surface area (Å²) in [7, 11) is 0. The summed E-state index contributed by atoms with van der Waals surface area (Å²) >= 11 is 0. The monoisotopic (exact) mass is 185 g/mol. The van der Waals surface area contributed by atoms with Crippen LogP contribution in [-0.4, -0.2) is 4.98 Å². The van der Waals surface area contributed by atoms with Crippen molar-refractivity contribution in [3.63, 3.8) is 0 Å². The highest BCUT2D eigenvalue weighted by Crippen LogP contribution is 2.27. The van der Waals surface area contributed by atoms with Gasteiger partial charge >= 0.3 is 0 Å². The lowest BCUT2D eigenvalue weighted by atomic mass is 9.96. The molecule has 0 fully saturated rings. The number of hydrogen-bond donors (Lipinski definition) is 1. The van der Waals surface area contributed by atoms with E-state index in [1.54, 1.807) is 0 Å². The molecule has 0 saturated carbocycles. The summed E-state index contributed by atoms with van der Waals surface area (Å²) in [5.41, 5.74) is 3.91. The van der Waals surface area contributed by atoms with Gasteiger partial charge < -0.3 is 4.98 Å². The topological polar surface area (TPSA) is 15.8 Å². The molecule has 2 aromatic rings. The molecular weight excluding hydrogens is 170 g/mol. The van der Waals surface area contributed by atoms with Crippen molar-refractivity contribution >= 4 is 0 Å². The van der Waals surface area contributed by atoms with Crippen LogP contribution in [0.4, 0.5) is 0 Å². The molecule has 1 aromatic heterocycles. The van der Waals surface area contributed by atoms with Gasteiger partial charge in [0, 0.05) is 17.5 Å². The van der Waals surface area contributed by atoms with Crippen molar-refractivity contribution in [2.24, 2.45) is 0 Å². The van der Waals surface area contributed by atoms with Crippen molar-refractivity contribution in [3.05, 3.63) is 48.2 Å². The SMILES string of the molecule is CC(C)c1ccccc1-c1ccc[nH]1. The third-order valence-electron chi connectivity index (χ3n) is 2.47. The van der Waals surface area contributed by atoms with Crippen molar-refractivity contribution in [1.82, 2.24) is 4.98 Å². The van der Waals surface area contributed by atoms with Crippen molar-refractivity contribution in [3.8, 4) is 11.3 Å². The summed E-state index contributed by atoms with van der Waals surface area (Å²) in [5, 5.41) is 0. The molecule has 0 amide bonds. The van der Waals surface area contributed by atoms with Crippen LogP contribution in [0.15, 0.2) is 42.6 Å². The molecule has 1 aromatic carbocycles. The van der Waals surface area contributed by atoms with Gasteiger partial charge in [0.05, 0.1) is 0 Å². The van der Waals surface area contributed by atoms with Crippen LogP contribution in [0.1, 0.15) is 25.3 Å². The van der Waals surface area contributed by atoms with E-state index in [1.807, 2.05) is 12.3 Å². The molecule has 0 saturated heterocycles. The minimum atomic E-state index is 0.564. The zero-order valence-corrected chi connectivity index (χ0v) is 8.62. The van der Waals surface area contributed by atoms with E-state index in [1.165, 1.54) is 16.8 Å². The van der Waals surface area contributed by atoms with Gasteiger partial charge in [-0.15, -0.1) is 0 Å². The molecule has 0 radical (unpaired) electrons. The quantitative estimate of drug-likeness (QED) is 0.732. The van der Waals surface area contributed by atoms with Crippen LogP contribution in [0.25, 0.3) is 11.3 Å². The van der Waals surface area contributed by atoms with E-state index < -0.39 is 0 Å². The van der Waals surface area contributed by atoms with Gasteiger partial charge in [-0.1, -0.05) is 38.1 Å². The third kappa shape index (κ3) is 1.58. The number of H-pyrrole nitrogens is 1. The van der Waals surface area contributed by atoms with E-state index in [9.17, 15) is 0 Å². The summed E-state index contributed by atoms with van der Waals surface area (Å²) in [6.45, 7) is 4.45. The fourth-order valence-electron chi connectivity index (χ4n) is 1.74. The Labute approximate surface area is 84.8 Å². The molecule has 0 bridgehead atoms. The number of aromatic nitrogens is 1. The molecule has 1 heterocycles. The Bertz CT molecular complexity index is 399. The van der Waals surface area contributed by atoms with E-state index in [-0.39, 0.29) is 0 Å². The summed E-state index contributed by atoms with van der Waals surface area (Å²) in [6, 6.07) is 12.7. The van der Waals surface area contributed by atoms with Crippen LogP contribution in [0.2, 0.25) is 0 Å². The maximum atomic E-state index is 3.25. The zero-order valence-electron chi connectivity index (χ0n) is 8.62. The van der Waals surface area contributed by atoms with Gasteiger partial charge in [-0.25, -0.2) is 0 Å². The number of aromatic amines is 1. The summed E-state index contributed by atoms with van der Waals surface area (Å²) in [4.78, 5) is 3.25. The molecule has 72 valence electrons. The van der Waals surface area contributed by atoms with Gasteiger partial charge in [0.15, 0.2) is 0 Å².